The molecule has 0 aliphatic carbocycles. The molecule has 0 amide bonds. The standard InChI is InChI=1S/C16H11N5O/c22-16-12(15(20-21-16)14-9-17-5-6-18-14)8-11-7-10-3-1-2-4-13(10)19-11/h1-9H,(H2,20,21,22). The van der Waals surface area contributed by atoms with E-state index < -0.39 is 0 Å². The molecule has 0 spiro atoms. The van der Waals surface area contributed by atoms with Gasteiger partial charge in [0.05, 0.1) is 28.5 Å². The monoisotopic (exact) mass is 289 g/mol. The minimum absolute atomic E-state index is 0.215. The van der Waals surface area contributed by atoms with Crippen molar-refractivity contribution in [3.8, 4) is 11.4 Å². The van der Waals surface area contributed by atoms with Crippen molar-refractivity contribution in [1.29, 1.82) is 0 Å². The summed E-state index contributed by atoms with van der Waals surface area (Å²) >= 11 is 0. The zero-order valence-corrected chi connectivity index (χ0v) is 11.4. The van der Waals surface area contributed by atoms with Gasteiger partial charge < -0.3 is 0 Å². The average molecular weight is 289 g/mol. The molecule has 0 radical (unpaired) electrons. The predicted molar refractivity (Wildman–Crippen MR) is 82.1 cm³/mol. The second-order valence-corrected chi connectivity index (χ2v) is 4.84. The van der Waals surface area contributed by atoms with Crippen LogP contribution in [0.2, 0.25) is 0 Å². The Morgan fingerprint density at radius 3 is 2.82 bits per heavy atom. The normalized spacial score (nSPS) is 14.5. The molecule has 3 aromatic rings. The molecule has 0 saturated heterocycles. The Kier molecular flexibility index (Phi) is 2.79. The zero-order valence-electron chi connectivity index (χ0n) is 11.4. The van der Waals surface area contributed by atoms with Crippen LogP contribution >= 0.6 is 0 Å². The molecule has 0 saturated carbocycles. The molecule has 0 bridgehead atoms. The molecular weight excluding hydrogens is 278 g/mol. The number of fused-ring (bicyclic) bond motifs is 1. The zero-order chi connectivity index (χ0) is 14.9. The van der Waals surface area contributed by atoms with Crippen molar-refractivity contribution in [2.75, 3.05) is 0 Å². The minimum Gasteiger partial charge on any atom is -0.295 e. The largest absolute Gasteiger partial charge is 0.295 e. The first-order valence-corrected chi connectivity index (χ1v) is 6.75. The molecule has 0 fully saturated rings. The molecule has 6 nitrogen and oxygen atoms in total. The van der Waals surface area contributed by atoms with Crippen LogP contribution in [0.25, 0.3) is 23.5 Å². The highest BCUT2D eigenvalue weighted by Gasteiger charge is 2.12. The van der Waals surface area contributed by atoms with Gasteiger partial charge in [0.2, 0.25) is 0 Å². The average Bonchev–Trinajstić information content (AvgIpc) is 3.12. The summed E-state index contributed by atoms with van der Waals surface area (Å²) < 4.78 is 0. The number of aromatic nitrogens is 4. The highest BCUT2D eigenvalue weighted by molar-refractivity contribution is 5.74. The molecule has 1 aromatic carbocycles. The summed E-state index contributed by atoms with van der Waals surface area (Å²) in [6.07, 6.45) is 8.47. The third kappa shape index (κ3) is 2.07. The van der Waals surface area contributed by atoms with Crippen LogP contribution in [-0.2, 0) is 0 Å². The summed E-state index contributed by atoms with van der Waals surface area (Å²) in [5.41, 5.74) is 2.21. The fourth-order valence-corrected chi connectivity index (χ4v) is 2.40. The lowest BCUT2D eigenvalue weighted by Crippen LogP contribution is -2.19. The predicted octanol–water partition coefficient (Wildman–Crippen LogP) is 0.615. The number of nitrogens with zero attached hydrogens (tertiary/aromatic N) is 3. The topological polar surface area (TPSA) is 86.8 Å². The molecule has 0 atom stereocenters. The van der Waals surface area contributed by atoms with Gasteiger partial charge in [0.25, 0.3) is 5.56 Å². The second kappa shape index (κ2) is 4.92. The van der Waals surface area contributed by atoms with Crippen LogP contribution in [0.4, 0.5) is 0 Å². The van der Waals surface area contributed by atoms with Gasteiger partial charge in [-0.05, 0) is 18.2 Å². The summed E-state index contributed by atoms with van der Waals surface area (Å²) in [6, 6.07) is 7.83. The van der Waals surface area contributed by atoms with E-state index in [-0.39, 0.29) is 5.56 Å². The van der Waals surface area contributed by atoms with E-state index >= 15 is 0 Å². The molecule has 3 heterocycles. The van der Waals surface area contributed by atoms with Crippen molar-refractivity contribution < 1.29 is 0 Å². The fourth-order valence-electron chi connectivity index (χ4n) is 2.40. The Balaban J connectivity index is 1.86. The van der Waals surface area contributed by atoms with Gasteiger partial charge >= 0.3 is 0 Å². The first kappa shape index (κ1) is 12.5. The number of benzene rings is 1. The molecular formula is C16H11N5O. The van der Waals surface area contributed by atoms with Gasteiger partial charge in [-0.25, -0.2) is 4.99 Å². The van der Waals surface area contributed by atoms with Crippen molar-refractivity contribution in [3.05, 3.63) is 75.0 Å². The van der Waals surface area contributed by atoms with E-state index in [4.69, 9.17) is 0 Å². The number of aromatic amines is 2. The van der Waals surface area contributed by atoms with Crippen LogP contribution in [0.5, 0.6) is 0 Å². The minimum atomic E-state index is -0.215. The van der Waals surface area contributed by atoms with Crippen molar-refractivity contribution in [3.63, 3.8) is 0 Å². The van der Waals surface area contributed by atoms with E-state index in [2.05, 4.69) is 25.2 Å². The Labute approximate surface area is 124 Å². The number of allylic oxidation sites excluding steroid dienone is 1. The Bertz CT molecular complexity index is 1010. The quantitative estimate of drug-likeness (QED) is 0.725. The molecule has 2 aromatic heterocycles. The summed E-state index contributed by atoms with van der Waals surface area (Å²) in [4.78, 5) is 24.8. The van der Waals surface area contributed by atoms with Crippen LogP contribution in [0.15, 0.2) is 58.3 Å². The summed E-state index contributed by atoms with van der Waals surface area (Å²) in [5.74, 6) is 0. The SMILES string of the molecule is O=c1[nH][nH]c(-c2cnccn2)c1C=C1C=c2ccccc2=N1. The number of hydrogen-bond donors (Lipinski definition) is 2. The molecule has 106 valence electrons. The first-order chi connectivity index (χ1) is 10.8. The van der Waals surface area contributed by atoms with Crippen molar-refractivity contribution in [2.45, 2.75) is 0 Å². The molecule has 2 N–H and O–H groups in total. The van der Waals surface area contributed by atoms with E-state index in [1.54, 1.807) is 24.7 Å². The van der Waals surface area contributed by atoms with Gasteiger partial charge in [0, 0.05) is 17.6 Å². The maximum Gasteiger partial charge on any atom is 0.271 e. The lowest BCUT2D eigenvalue weighted by Gasteiger charge is -1.97. The lowest BCUT2D eigenvalue weighted by molar-refractivity contribution is 1.05. The molecule has 1 aliphatic heterocycles. The molecule has 6 heteroatoms. The van der Waals surface area contributed by atoms with Crippen LogP contribution < -0.4 is 16.1 Å². The smallest absolute Gasteiger partial charge is 0.271 e. The maximum atomic E-state index is 12.0. The summed E-state index contributed by atoms with van der Waals surface area (Å²) in [5, 5.41) is 7.38. The fraction of sp³-hybridized carbons (Fsp3) is 0. The van der Waals surface area contributed by atoms with Crippen molar-refractivity contribution in [1.82, 2.24) is 20.2 Å². The Morgan fingerprint density at radius 2 is 2.00 bits per heavy atom. The van der Waals surface area contributed by atoms with E-state index in [1.165, 1.54) is 0 Å². The van der Waals surface area contributed by atoms with Crippen LogP contribution in [0.1, 0.15) is 5.56 Å². The second-order valence-electron chi connectivity index (χ2n) is 4.84. The highest BCUT2D eigenvalue weighted by atomic mass is 16.1. The molecule has 0 unspecified atom stereocenters. The van der Waals surface area contributed by atoms with E-state index in [0.717, 1.165) is 16.3 Å². The number of rotatable bonds is 2. The van der Waals surface area contributed by atoms with Gasteiger partial charge in [-0.15, -0.1) is 0 Å². The molecule has 22 heavy (non-hydrogen) atoms. The molecule has 1 aliphatic rings. The van der Waals surface area contributed by atoms with Gasteiger partial charge in [-0.1, -0.05) is 18.2 Å². The number of H-pyrrole nitrogens is 2. The number of hydrogen-bond acceptors (Lipinski definition) is 4. The lowest BCUT2D eigenvalue weighted by atomic mass is 10.1. The van der Waals surface area contributed by atoms with E-state index in [9.17, 15) is 4.79 Å². The summed E-state index contributed by atoms with van der Waals surface area (Å²) in [7, 11) is 0. The summed E-state index contributed by atoms with van der Waals surface area (Å²) in [6.45, 7) is 0. The highest BCUT2D eigenvalue weighted by Crippen LogP contribution is 2.18. The number of para-hydroxylation sites is 1. The van der Waals surface area contributed by atoms with Crippen LogP contribution in [-0.4, -0.2) is 20.2 Å². The van der Waals surface area contributed by atoms with Gasteiger partial charge in [-0.3, -0.25) is 25.0 Å². The Hall–Kier alpha value is -3.28. The van der Waals surface area contributed by atoms with Gasteiger partial charge in [-0.2, -0.15) is 0 Å². The first-order valence-electron chi connectivity index (χ1n) is 6.75. The van der Waals surface area contributed by atoms with Crippen LogP contribution in [0, 0.1) is 0 Å². The number of nitrogens with one attached hydrogen (secondary N) is 2. The van der Waals surface area contributed by atoms with E-state index in [1.807, 2.05) is 30.3 Å². The van der Waals surface area contributed by atoms with Crippen molar-refractivity contribution >= 4 is 12.2 Å². The third-order valence-corrected chi connectivity index (χ3v) is 3.42. The van der Waals surface area contributed by atoms with Crippen molar-refractivity contribution in [2.24, 2.45) is 4.99 Å². The maximum absolute atomic E-state index is 12.0. The van der Waals surface area contributed by atoms with Gasteiger partial charge in [0.1, 0.15) is 5.69 Å². The van der Waals surface area contributed by atoms with Crippen LogP contribution in [0.3, 0.4) is 0 Å². The van der Waals surface area contributed by atoms with E-state index in [0.29, 0.717) is 17.0 Å². The third-order valence-electron chi connectivity index (χ3n) is 3.42. The Morgan fingerprint density at radius 1 is 1.09 bits per heavy atom. The van der Waals surface area contributed by atoms with Gasteiger partial charge in [0.15, 0.2) is 0 Å². The molecule has 4 rings (SSSR count).